The van der Waals surface area contributed by atoms with Crippen LogP contribution >= 0.6 is 11.3 Å². The third-order valence-corrected chi connectivity index (χ3v) is 4.28. The number of carbonyl (C=O) groups excluding carboxylic acids is 2. The quantitative estimate of drug-likeness (QED) is 0.436. The number of fused-ring (bicyclic) bond motifs is 1. The molecule has 1 heterocycles. The number of methoxy groups -OCH3 is 1. The maximum atomic E-state index is 12.3. The van der Waals surface area contributed by atoms with Gasteiger partial charge in [0.05, 0.1) is 27.8 Å². The minimum absolute atomic E-state index is 0.0418. The van der Waals surface area contributed by atoms with Gasteiger partial charge >= 0.3 is 5.97 Å². The molecule has 2 aromatic carbocycles. The first-order valence-electron chi connectivity index (χ1n) is 7.02. The van der Waals surface area contributed by atoms with Crippen LogP contribution in [-0.4, -0.2) is 28.9 Å². The topological polar surface area (TPSA) is 111 Å². The molecule has 8 nitrogen and oxygen atoms in total. The summed E-state index contributed by atoms with van der Waals surface area (Å²) in [6, 6.07) is 10.4. The fourth-order valence-corrected chi connectivity index (χ4v) is 3.05. The highest BCUT2D eigenvalue weighted by Crippen LogP contribution is 2.29. The second-order valence-corrected chi connectivity index (χ2v) is 5.99. The van der Waals surface area contributed by atoms with Crippen LogP contribution in [0.4, 0.5) is 10.8 Å². The number of hydrogen-bond donors (Lipinski definition) is 1. The molecule has 1 N–H and O–H groups in total. The van der Waals surface area contributed by atoms with E-state index in [2.05, 4.69) is 15.0 Å². The van der Waals surface area contributed by atoms with Gasteiger partial charge in [0.25, 0.3) is 11.6 Å². The Bertz CT molecular complexity index is 998. The number of amides is 1. The fourth-order valence-electron chi connectivity index (χ4n) is 2.15. The lowest BCUT2D eigenvalue weighted by Gasteiger charge is -2.03. The van der Waals surface area contributed by atoms with E-state index in [0.29, 0.717) is 15.3 Å². The molecule has 0 aliphatic carbocycles. The molecule has 0 unspecified atom stereocenters. The molecule has 0 aliphatic rings. The van der Waals surface area contributed by atoms with Crippen molar-refractivity contribution in [1.82, 2.24) is 4.98 Å². The highest BCUT2D eigenvalue weighted by molar-refractivity contribution is 7.22. The number of nitro groups is 1. The van der Waals surface area contributed by atoms with E-state index in [1.54, 1.807) is 18.2 Å². The summed E-state index contributed by atoms with van der Waals surface area (Å²) >= 11 is 1.13. The number of hydrogen-bond acceptors (Lipinski definition) is 7. The van der Waals surface area contributed by atoms with Crippen molar-refractivity contribution in [1.29, 1.82) is 0 Å². The number of nitrogens with zero attached hydrogens (tertiary/aromatic N) is 2. The van der Waals surface area contributed by atoms with Gasteiger partial charge in [0.15, 0.2) is 5.13 Å². The van der Waals surface area contributed by atoms with Crippen LogP contribution in [0.25, 0.3) is 10.2 Å². The van der Waals surface area contributed by atoms with Gasteiger partial charge in [-0.15, -0.1) is 0 Å². The van der Waals surface area contributed by atoms with Gasteiger partial charge in [0.1, 0.15) is 0 Å². The van der Waals surface area contributed by atoms with Gasteiger partial charge in [0.2, 0.25) is 0 Å². The van der Waals surface area contributed by atoms with Crippen molar-refractivity contribution < 1.29 is 19.2 Å². The van der Waals surface area contributed by atoms with Gasteiger partial charge in [-0.2, -0.15) is 0 Å². The lowest BCUT2D eigenvalue weighted by atomic mass is 10.1. The predicted octanol–water partition coefficient (Wildman–Crippen LogP) is 3.24. The largest absolute Gasteiger partial charge is 0.465 e. The van der Waals surface area contributed by atoms with Gasteiger partial charge in [-0.1, -0.05) is 17.4 Å². The third-order valence-electron chi connectivity index (χ3n) is 3.35. The van der Waals surface area contributed by atoms with Crippen LogP contribution in [-0.2, 0) is 4.74 Å². The van der Waals surface area contributed by atoms with E-state index in [4.69, 9.17) is 0 Å². The smallest absolute Gasteiger partial charge is 0.337 e. The third kappa shape index (κ3) is 3.45. The number of esters is 1. The van der Waals surface area contributed by atoms with Crippen LogP contribution in [0.3, 0.4) is 0 Å². The summed E-state index contributed by atoms with van der Waals surface area (Å²) in [5.74, 6) is -0.985. The lowest BCUT2D eigenvalue weighted by Crippen LogP contribution is -2.12. The standard InChI is InChI=1S/C16H11N3O5S/c1-24-15(21)10-4-2-3-9(7-10)14(20)18-16-17-12-6-5-11(19(22)23)8-13(12)25-16/h2-8H,1H3,(H,17,18,20). The first kappa shape index (κ1) is 16.5. The first-order chi connectivity index (χ1) is 12.0. The molecule has 3 rings (SSSR count). The molecule has 0 fully saturated rings. The van der Waals surface area contributed by atoms with E-state index in [0.717, 1.165) is 11.3 Å². The molecule has 3 aromatic rings. The van der Waals surface area contributed by atoms with Crippen molar-refractivity contribution in [2.75, 3.05) is 12.4 Å². The molecule has 1 amide bonds. The number of carbonyl (C=O) groups is 2. The molecule has 25 heavy (non-hydrogen) atoms. The van der Waals surface area contributed by atoms with Crippen LogP contribution in [0.5, 0.6) is 0 Å². The Hall–Kier alpha value is -3.33. The van der Waals surface area contributed by atoms with Gasteiger partial charge in [0, 0.05) is 17.7 Å². The first-order valence-corrected chi connectivity index (χ1v) is 7.84. The molecule has 0 bridgehead atoms. The number of non-ortho nitro benzene ring substituents is 1. The van der Waals surface area contributed by atoms with Gasteiger partial charge in [-0.25, -0.2) is 9.78 Å². The number of anilines is 1. The lowest BCUT2D eigenvalue weighted by molar-refractivity contribution is -0.384. The van der Waals surface area contributed by atoms with Crippen molar-refractivity contribution in [3.05, 3.63) is 63.7 Å². The maximum absolute atomic E-state index is 12.3. The highest BCUT2D eigenvalue weighted by atomic mass is 32.1. The zero-order chi connectivity index (χ0) is 18.0. The zero-order valence-corrected chi connectivity index (χ0v) is 13.7. The predicted molar refractivity (Wildman–Crippen MR) is 92.0 cm³/mol. The number of aromatic nitrogens is 1. The van der Waals surface area contributed by atoms with Crippen molar-refractivity contribution in [2.45, 2.75) is 0 Å². The fraction of sp³-hybridized carbons (Fsp3) is 0.0625. The summed E-state index contributed by atoms with van der Waals surface area (Å²) in [7, 11) is 1.26. The molecule has 1 aromatic heterocycles. The van der Waals surface area contributed by atoms with Crippen molar-refractivity contribution in [3.8, 4) is 0 Å². The average Bonchev–Trinajstić information content (AvgIpc) is 3.02. The number of rotatable bonds is 4. The Kier molecular flexibility index (Phi) is 4.40. The molecule has 9 heteroatoms. The van der Waals surface area contributed by atoms with Crippen molar-refractivity contribution in [3.63, 3.8) is 0 Å². The van der Waals surface area contributed by atoms with Crippen LogP contribution in [0, 0.1) is 10.1 Å². The minimum Gasteiger partial charge on any atom is -0.465 e. The molecule has 0 saturated heterocycles. The Morgan fingerprint density at radius 3 is 2.68 bits per heavy atom. The second kappa shape index (κ2) is 6.65. The summed E-state index contributed by atoms with van der Waals surface area (Å²) in [6.45, 7) is 0. The van der Waals surface area contributed by atoms with E-state index in [1.807, 2.05) is 0 Å². The Balaban J connectivity index is 1.84. The summed E-state index contributed by atoms with van der Waals surface area (Å²) < 4.78 is 5.21. The Morgan fingerprint density at radius 2 is 1.96 bits per heavy atom. The minimum atomic E-state index is -0.540. The monoisotopic (exact) mass is 357 g/mol. The van der Waals surface area contributed by atoms with E-state index in [-0.39, 0.29) is 16.8 Å². The van der Waals surface area contributed by atoms with Crippen LogP contribution < -0.4 is 5.32 Å². The molecule has 0 spiro atoms. The van der Waals surface area contributed by atoms with Crippen LogP contribution in [0.2, 0.25) is 0 Å². The van der Waals surface area contributed by atoms with Gasteiger partial charge < -0.3 is 4.74 Å². The molecule has 126 valence electrons. The summed E-state index contributed by atoms with van der Waals surface area (Å²) in [4.78, 5) is 38.4. The molecule has 0 atom stereocenters. The van der Waals surface area contributed by atoms with Crippen molar-refractivity contribution in [2.24, 2.45) is 0 Å². The van der Waals surface area contributed by atoms with Crippen molar-refractivity contribution >= 4 is 44.2 Å². The summed E-state index contributed by atoms with van der Waals surface area (Å²) in [6.07, 6.45) is 0. The number of thiazole rings is 1. The van der Waals surface area contributed by atoms with E-state index >= 15 is 0 Å². The molecule has 0 saturated carbocycles. The highest BCUT2D eigenvalue weighted by Gasteiger charge is 2.14. The van der Waals surface area contributed by atoms with Crippen LogP contribution in [0.15, 0.2) is 42.5 Å². The summed E-state index contributed by atoms with van der Waals surface area (Å²) in [5, 5.41) is 13.7. The number of nitrogens with one attached hydrogen (secondary N) is 1. The van der Waals surface area contributed by atoms with Gasteiger partial charge in [-0.05, 0) is 24.3 Å². The van der Waals surface area contributed by atoms with E-state index in [1.165, 1.54) is 31.4 Å². The number of nitro benzene ring substituents is 1. The SMILES string of the molecule is COC(=O)c1cccc(C(=O)Nc2nc3ccc([N+](=O)[O-])cc3s2)c1. The maximum Gasteiger partial charge on any atom is 0.337 e. The van der Waals surface area contributed by atoms with E-state index in [9.17, 15) is 19.7 Å². The molecular weight excluding hydrogens is 346 g/mol. The second-order valence-electron chi connectivity index (χ2n) is 4.95. The molecule has 0 aliphatic heterocycles. The summed E-state index contributed by atoms with van der Waals surface area (Å²) in [5.41, 5.74) is 1.04. The molecule has 0 radical (unpaired) electrons. The zero-order valence-electron chi connectivity index (χ0n) is 12.9. The molecular formula is C16H11N3O5S. The van der Waals surface area contributed by atoms with Crippen LogP contribution in [0.1, 0.15) is 20.7 Å². The Labute approximate surface area is 145 Å². The average molecular weight is 357 g/mol. The number of benzene rings is 2. The Morgan fingerprint density at radius 1 is 1.20 bits per heavy atom. The van der Waals surface area contributed by atoms with E-state index < -0.39 is 16.8 Å². The van der Waals surface area contributed by atoms with Gasteiger partial charge in [-0.3, -0.25) is 20.2 Å². The normalized spacial score (nSPS) is 10.4. The number of ether oxygens (including phenoxy) is 1.